The molecule has 0 spiro atoms. The molecule has 2 heterocycles. The topological polar surface area (TPSA) is 92.5 Å². The Morgan fingerprint density at radius 3 is 3.00 bits per heavy atom. The van der Waals surface area contributed by atoms with Gasteiger partial charge in [0.15, 0.2) is 5.65 Å². The summed E-state index contributed by atoms with van der Waals surface area (Å²) in [7, 11) is 0. The Labute approximate surface area is 100 Å². The molecule has 0 amide bonds. The molecule has 0 saturated heterocycles. The Morgan fingerprint density at radius 1 is 1.28 bits per heavy atom. The number of aromatic amines is 1. The maximum atomic E-state index is 11.3. The van der Waals surface area contributed by atoms with Crippen LogP contribution in [0.1, 0.15) is 0 Å². The van der Waals surface area contributed by atoms with E-state index in [0.717, 1.165) is 4.52 Å². The predicted molar refractivity (Wildman–Crippen MR) is 61.8 cm³/mol. The van der Waals surface area contributed by atoms with Crippen LogP contribution in [0.4, 0.5) is 0 Å². The minimum atomic E-state index is -0.439. The van der Waals surface area contributed by atoms with Crippen molar-refractivity contribution in [3.8, 4) is 17.4 Å². The van der Waals surface area contributed by atoms with Gasteiger partial charge in [0, 0.05) is 12.1 Å². The van der Waals surface area contributed by atoms with Crippen LogP contribution in [0.2, 0.25) is 0 Å². The molecule has 2 N–H and O–H groups in total. The van der Waals surface area contributed by atoms with Gasteiger partial charge in [-0.05, 0) is 18.2 Å². The molecule has 90 valence electrons. The summed E-state index contributed by atoms with van der Waals surface area (Å²) in [6.07, 6.45) is 0. The van der Waals surface area contributed by atoms with Crippen molar-refractivity contribution in [2.24, 2.45) is 0 Å². The number of hydrogen-bond donors (Lipinski definition) is 2. The molecule has 0 saturated carbocycles. The van der Waals surface area contributed by atoms with Crippen LogP contribution in [0.25, 0.3) is 5.65 Å². The summed E-state index contributed by atoms with van der Waals surface area (Å²) < 4.78 is 6.51. The van der Waals surface area contributed by atoms with Crippen molar-refractivity contribution in [1.29, 1.82) is 0 Å². The van der Waals surface area contributed by atoms with Gasteiger partial charge in [-0.2, -0.15) is 9.61 Å². The fraction of sp³-hybridized carbons (Fsp3) is 0. The fourth-order valence-electron chi connectivity index (χ4n) is 1.51. The van der Waals surface area contributed by atoms with Gasteiger partial charge in [-0.25, -0.2) is 9.89 Å². The van der Waals surface area contributed by atoms with Crippen molar-refractivity contribution in [2.75, 3.05) is 0 Å². The monoisotopic (exact) mass is 244 g/mol. The lowest BCUT2D eigenvalue weighted by Gasteiger charge is -2.04. The SMILES string of the molecule is O=c1[nH]nc2ccc(Oc3cccc(O)c3)nn12. The first-order valence-corrected chi connectivity index (χ1v) is 5.14. The zero-order valence-corrected chi connectivity index (χ0v) is 9.07. The lowest BCUT2D eigenvalue weighted by molar-refractivity contribution is 0.438. The van der Waals surface area contributed by atoms with Crippen molar-refractivity contribution < 1.29 is 9.84 Å². The number of rotatable bonds is 2. The van der Waals surface area contributed by atoms with Gasteiger partial charge in [0.2, 0.25) is 5.88 Å². The van der Waals surface area contributed by atoms with Gasteiger partial charge < -0.3 is 9.84 Å². The van der Waals surface area contributed by atoms with Crippen LogP contribution >= 0.6 is 0 Å². The third kappa shape index (κ3) is 1.77. The summed E-state index contributed by atoms with van der Waals surface area (Å²) in [5.41, 5.74) is -0.0328. The number of H-pyrrole nitrogens is 1. The molecule has 0 aliphatic heterocycles. The Bertz CT molecular complexity index is 762. The molecule has 7 heteroatoms. The number of phenolic OH excluding ortho intramolecular Hbond substituents is 1. The first kappa shape index (κ1) is 10.3. The van der Waals surface area contributed by atoms with E-state index < -0.39 is 5.69 Å². The van der Waals surface area contributed by atoms with E-state index in [0.29, 0.717) is 11.4 Å². The predicted octanol–water partition coefficient (Wildman–Crippen LogP) is 0.915. The number of phenols is 1. The van der Waals surface area contributed by atoms with Crippen LogP contribution in [0.5, 0.6) is 17.4 Å². The lowest BCUT2D eigenvalue weighted by atomic mass is 10.3. The summed E-state index contributed by atoms with van der Waals surface area (Å²) in [6, 6.07) is 9.48. The number of hydrogen-bond acceptors (Lipinski definition) is 5. The van der Waals surface area contributed by atoms with Crippen molar-refractivity contribution in [3.05, 3.63) is 46.9 Å². The zero-order valence-electron chi connectivity index (χ0n) is 9.07. The van der Waals surface area contributed by atoms with Crippen molar-refractivity contribution in [3.63, 3.8) is 0 Å². The van der Waals surface area contributed by atoms with Crippen molar-refractivity contribution in [1.82, 2.24) is 19.8 Å². The van der Waals surface area contributed by atoms with Crippen LogP contribution < -0.4 is 10.4 Å². The van der Waals surface area contributed by atoms with Crippen LogP contribution in [0, 0.1) is 0 Å². The second-order valence-electron chi connectivity index (χ2n) is 3.57. The Balaban J connectivity index is 1.99. The maximum Gasteiger partial charge on any atom is 0.364 e. The van der Waals surface area contributed by atoms with E-state index in [1.807, 2.05) is 0 Å². The second-order valence-corrected chi connectivity index (χ2v) is 3.57. The molecule has 3 aromatic rings. The molecule has 0 radical (unpaired) electrons. The number of nitrogens with zero attached hydrogens (tertiary/aromatic N) is 3. The molecule has 0 unspecified atom stereocenters. The molecule has 0 fully saturated rings. The smallest absolute Gasteiger partial charge is 0.364 e. The third-order valence-corrected chi connectivity index (χ3v) is 2.29. The van der Waals surface area contributed by atoms with E-state index in [-0.39, 0.29) is 11.6 Å². The highest BCUT2D eigenvalue weighted by atomic mass is 16.5. The zero-order chi connectivity index (χ0) is 12.5. The summed E-state index contributed by atoms with van der Waals surface area (Å²) in [5.74, 6) is 0.754. The molecule has 0 atom stereocenters. The average molecular weight is 244 g/mol. The van der Waals surface area contributed by atoms with Gasteiger partial charge >= 0.3 is 5.69 Å². The number of ether oxygens (including phenoxy) is 1. The minimum Gasteiger partial charge on any atom is -0.508 e. The molecular formula is C11H8N4O3. The molecule has 0 aliphatic carbocycles. The largest absolute Gasteiger partial charge is 0.508 e. The van der Waals surface area contributed by atoms with E-state index in [9.17, 15) is 9.90 Å². The van der Waals surface area contributed by atoms with Crippen LogP contribution in [0.3, 0.4) is 0 Å². The number of aromatic hydroxyl groups is 1. The van der Waals surface area contributed by atoms with Crippen LogP contribution in [0.15, 0.2) is 41.2 Å². The van der Waals surface area contributed by atoms with Gasteiger partial charge in [-0.1, -0.05) is 6.07 Å². The minimum absolute atomic E-state index is 0.0917. The first-order valence-electron chi connectivity index (χ1n) is 5.14. The molecule has 0 bridgehead atoms. The van der Waals surface area contributed by atoms with Crippen LogP contribution in [-0.2, 0) is 0 Å². The highest BCUT2D eigenvalue weighted by Gasteiger charge is 2.04. The lowest BCUT2D eigenvalue weighted by Crippen LogP contribution is -2.12. The molecule has 2 aromatic heterocycles. The maximum absolute atomic E-state index is 11.3. The summed E-state index contributed by atoms with van der Waals surface area (Å²) in [5, 5.41) is 19.3. The van der Waals surface area contributed by atoms with Crippen LogP contribution in [-0.4, -0.2) is 24.9 Å². The highest BCUT2D eigenvalue weighted by Crippen LogP contribution is 2.22. The van der Waals surface area contributed by atoms with Gasteiger partial charge in [0.25, 0.3) is 0 Å². The van der Waals surface area contributed by atoms with Crippen molar-refractivity contribution in [2.45, 2.75) is 0 Å². The summed E-state index contributed by atoms with van der Waals surface area (Å²) >= 11 is 0. The number of fused-ring (bicyclic) bond motifs is 1. The quantitative estimate of drug-likeness (QED) is 0.699. The van der Waals surface area contributed by atoms with E-state index in [1.165, 1.54) is 12.1 Å². The van der Waals surface area contributed by atoms with E-state index in [2.05, 4.69) is 15.3 Å². The number of nitrogens with one attached hydrogen (secondary N) is 1. The molecule has 18 heavy (non-hydrogen) atoms. The third-order valence-electron chi connectivity index (χ3n) is 2.29. The molecule has 7 nitrogen and oxygen atoms in total. The van der Waals surface area contributed by atoms with Gasteiger partial charge in [0.1, 0.15) is 11.5 Å². The van der Waals surface area contributed by atoms with Gasteiger partial charge in [-0.3, -0.25) is 0 Å². The van der Waals surface area contributed by atoms with E-state index in [4.69, 9.17) is 4.74 Å². The highest BCUT2D eigenvalue weighted by molar-refractivity contribution is 5.38. The Morgan fingerprint density at radius 2 is 2.17 bits per heavy atom. The van der Waals surface area contributed by atoms with E-state index >= 15 is 0 Å². The molecular weight excluding hydrogens is 236 g/mol. The average Bonchev–Trinajstić information content (AvgIpc) is 2.71. The molecule has 1 aromatic carbocycles. The normalized spacial score (nSPS) is 10.7. The Hall–Kier alpha value is -2.83. The Kier molecular flexibility index (Phi) is 2.23. The number of benzene rings is 1. The van der Waals surface area contributed by atoms with Gasteiger partial charge in [0.05, 0.1) is 0 Å². The fourth-order valence-corrected chi connectivity index (χ4v) is 1.51. The second kappa shape index (κ2) is 3.88. The molecule has 3 rings (SSSR count). The number of aromatic nitrogens is 4. The first-order chi connectivity index (χ1) is 8.72. The van der Waals surface area contributed by atoms with Crippen molar-refractivity contribution >= 4 is 5.65 Å². The van der Waals surface area contributed by atoms with E-state index in [1.54, 1.807) is 24.3 Å². The summed E-state index contributed by atoms with van der Waals surface area (Å²) in [6.45, 7) is 0. The molecule has 0 aliphatic rings. The standard InChI is InChI=1S/C11H8N4O3/c16-7-2-1-3-8(6-7)18-10-5-4-9-12-13-11(17)15(9)14-10/h1-6,16H,(H,13,17). The van der Waals surface area contributed by atoms with Gasteiger partial charge in [-0.15, -0.1) is 5.10 Å². The summed E-state index contributed by atoms with van der Waals surface area (Å²) in [4.78, 5) is 11.3.